The molecule has 0 spiro atoms. The number of hydrogen-bond acceptors (Lipinski definition) is 0. The van der Waals surface area contributed by atoms with Gasteiger partial charge in [0.1, 0.15) is 0 Å². The fraction of sp³-hybridized carbons (Fsp3) is 1.00. The Morgan fingerprint density at radius 2 is 0.577 bits per heavy atom. The van der Waals surface area contributed by atoms with Gasteiger partial charge in [0.15, 0.2) is 0 Å². The molecule has 0 radical (unpaired) electrons. The molecule has 3 aliphatic rings. The largest absolute Gasteiger partial charge is 0.356 e. The van der Waals surface area contributed by atoms with Crippen LogP contribution < -0.4 is 0 Å². The molecule has 0 amide bonds. The SMILES string of the molecule is CC1(F)C(F)(F)C(F)(F)C2(F)C3(F)C(F)(F)C(F)(F)C(F)(C3(F)F)C12F. The third kappa shape index (κ3) is 0.967. The number of hydrogen-bond donors (Lipinski definition) is 0. The van der Waals surface area contributed by atoms with Gasteiger partial charge in [-0.25, -0.2) is 22.0 Å². The van der Waals surface area contributed by atoms with Crippen LogP contribution in [-0.2, 0) is 0 Å². The Bertz CT molecular complexity index is 654. The zero-order valence-corrected chi connectivity index (χ0v) is 11.7. The van der Waals surface area contributed by atoms with Crippen molar-refractivity contribution in [3.05, 3.63) is 0 Å². The summed E-state index contributed by atoms with van der Waals surface area (Å²) in [5.41, 5.74) is -35.8. The molecule has 5 unspecified atom stereocenters. The molecule has 3 saturated carbocycles. The molecule has 0 saturated heterocycles. The van der Waals surface area contributed by atoms with Crippen LogP contribution in [0.3, 0.4) is 0 Å². The van der Waals surface area contributed by atoms with Crippen LogP contribution in [-0.4, -0.2) is 58.0 Å². The van der Waals surface area contributed by atoms with Gasteiger partial charge in [0.25, 0.3) is 17.0 Å². The van der Waals surface area contributed by atoms with Gasteiger partial charge in [-0.2, -0.15) is 43.9 Å². The zero-order valence-electron chi connectivity index (χ0n) is 11.7. The molecule has 0 aliphatic heterocycles. The monoisotopic (exact) mass is 420 g/mol. The predicted octanol–water partition coefficient (Wildman–Crippen LogP) is 4.77. The fourth-order valence-corrected chi connectivity index (χ4v) is 4.21. The second kappa shape index (κ2) is 3.63. The summed E-state index contributed by atoms with van der Waals surface area (Å²) < 4.78 is 208. The van der Waals surface area contributed by atoms with Crippen molar-refractivity contribution in [2.75, 3.05) is 0 Å². The number of fused-ring (bicyclic) bond motifs is 5. The summed E-state index contributed by atoms with van der Waals surface area (Å²) in [5.74, 6) is -36.6. The minimum absolute atomic E-state index is 1.22. The smallest absolute Gasteiger partial charge is 0.233 e. The van der Waals surface area contributed by atoms with Crippen molar-refractivity contribution in [2.45, 2.75) is 64.9 Å². The Balaban J connectivity index is 2.65. The van der Waals surface area contributed by atoms with Gasteiger partial charge in [0.05, 0.1) is 0 Å². The van der Waals surface area contributed by atoms with Crippen LogP contribution in [0.4, 0.5) is 65.9 Å². The fourth-order valence-electron chi connectivity index (χ4n) is 4.21. The Hall–Kier alpha value is -1.05. The summed E-state index contributed by atoms with van der Waals surface area (Å²) in [4.78, 5) is 0. The average molecular weight is 420 g/mol. The first kappa shape index (κ1) is 19.7. The molecule has 3 fully saturated rings. The van der Waals surface area contributed by atoms with E-state index in [1.54, 1.807) is 0 Å². The molecule has 0 nitrogen and oxygen atoms in total. The van der Waals surface area contributed by atoms with E-state index in [1.807, 2.05) is 0 Å². The maximum atomic E-state index is 14.7. The first-order chi connectivity index (χ1) is 11.0. The molecule has 3 aliphatic carbocycles. The Morgan fingerprint density at radius 1 is 0.308 bits per heavy atom. The van der Waals surface area contributed by atoms with Gasteiger partial charge < -0.3 is 0 Å². The number of alkyl halides is 15. The molecule has 0 aromatic heterocycles. The maximum Gasteiger partial charge on any atom is 0.356 e. The molecule has 0 N–H and O–H groups in total. The molecule has 0 heterocycles. The van der Waals surface area contributed by atoms with E-state index in [0.29, 0.717) is 0 Å². The molecular formula is C11H3F15. The van der Waals surface area contributed by atoms with Crippen molar-refractivity contribution in [1.82, 2.24) is 0 Å². The van der Waals surface area contributed by atoms with Crippen LogP contribution >= 0.6 is 0 Å². The number of rotatable bonds is 0. The van der Waals surface area contributed by atoms with E-state index in [9.17, 15) is 65.9 Å². The summed E-state index contributed by atoms with van der Waals surface area (Å²) in [7, 11) is 0. The average Bonchev–Trinajstić information content (AvgIpc) is 2.63. The highest BCUT2D eigenvalue weighted by Gasteiger charge is 3.24. The molecule has 15 heteroatoms. The molecule has 5 atom stereocenters. The molecule has 152 valence electrons. The van der Waals surface area contributed by atoms with Gasteiger partial charge >= 0.3 is 29.6 Å². The van der Waals surface area contributed by atoms with Gasteiger partial charge in [-0.05, 0) is 6.92 Å². The summed E-state index contributed by atoms with van der Waals surface area (Å²) in [5, 5.41) is 0. The van der Waals surface area contributed by atoms with E-state index in [2.05, 4.69) is 0 Å². The number of halogens is 15. The lowest BCUT2D eigenvalue weighted by atomic mass is 9.66. The Labute approximate surface area is 132 Å². The normalized spacial score (nSPS) is 57.2. The van der Waals surface area contributed by atoms with Crippen LogP contribution in [0.1, 0.15) is 6.92 Å². The predicted molar refractivity (Wildman–Crippen MR) is 49.6 cm³/mol. The van der Waals surface area contributed by atoms with Gasteiger partial charge in [0, 0.05) is 0 Å². The lowest BCUT2D eigenvalue weighted by Gasteiger charge is -2.48. The van der Waals surface area contributed by atoms with Crippen molar-refractivity contribution in [3.8, 4) is 0 Å². The van der Waals surface area contributed by atoms with Crippen molar-refractivity contribution < 1.29 is 65.9 Å². The minimum atomic E-state index is -7.56. The maximum absolute atomic E-state index is 14.7. The summed E-state index contributed by atoms with van der Waals surface area (Å²) >= 11 is 0. The second-order valence-electron chi connectivity index (χ2n) is 6.51. The summed E-state index contributed by atoms with van der Waals surface area (Å²) in [6.07, 6.45) is 0. The van der Waals surface area contributed by atoms with Crippen molar-refractivity contribution >= 4 is 0 Å². The van der Waals surface area contributed by atoms with E-state index >= 15 is 0 Å². The van der Waals surface area contributed by atoms with Crippen LogP contribution in [0.2, 0.25) is 0 Å². The highest BCUT2D eigenvalue weighted by molar-refractivity contribution is 5.58. The van der Waals surface area contributed by atoms with Crippen LogP contribution in [0, 0.1) is 0 Å². The van der Waals surface area contributed by atoms with E-state index in [4.69, 9.17) is 0 Å². The second-order valence-corrected chi connectivity index (χ2v) is 6.51. The third-order valence-electron chi connectivity index (χ3n) is 5.61. The van der Waals surface area contributed by atoms with Crippen molar-refractivity contribution in [3.63, 3.8) is 0 Å². The summed E-state index contributed by atoms with van der Waals surface area (Å²) in [6.45, 7) is -1.22. The van der Waals surface area contributed by atoms with Gasteiger partial charge in [-0.1, -0.05) is 0 Å². The third-order valence-corrected chi connectivity index (χ3v) is 5.61. The topological polar surface area (TPSA) is 0 Å². The molecular weight excluding hydrogens is 417 g/mol. The van der Waals surface area contributed by atoms with Gasteiger partial charge in [-0.3, -0.25) is 0 Å². The van der Waals surface area contributed by atoms with Crippen LogP contribution in [0.15, 0.2) is 0 Å². The zero-order chi connectivity index (χ0) is 21.0. The highest BCUT2D eigenvalue weighted by atomic mass is 19.4. The van der Waals surface area contributed by atoms with Crippen molar-refractivity contribution in [2.24, 2.45) is 0 Å². The van der Waals surface area contributed by atoms with E-state index < -0.39 is 64.9 Å². The lowest BCUT2D eigenvalue weighted by molar-refractivity contribution is -0.375. The van der Waals surface area contributed by atoms with Crippen molar-refractivity contribution in [1.29, 1.82) is 0 Å². The van der Waals surface area contributed by atoms with Crippen LogP contribution in [0.5, 0.6) is 0 Å². The first-order valence-corrected chi connectivity index (χ1v) is 6.33. The minimum Gasteiger partial charge on any atom is -0.233 e. The summed E-state index contributed by atoms with van der Waals surface area (Å²) in [6, 6.07) is 0. The standard InChI is InChI=1S/C11H3F15/c1-2(12)3(13)4(14,9(21,22)7(2,17)18)6(16)8(19,20)5(3,15)10(23,24)11(6,25)26/h1H3. The molecule has 26 heavy (non-hydrogen) atoms. The molecule has 3 rings (SSSR count). The molecule has 0 aromatic carbocycles. The Kier molecular flexibility index (Phi) is 2.75. The van der Waals surface area contributed by atoms with Crippen LogP contribution in [0.25, 0.3) is 0 Å². The van der Waals surface area contributed by atoms with E-state index in [0.717, 1.165) is 0 Å². The van der Waals surface area contributed by atoms with E-state index in [-0.39, 0.29) is 0 Å². The van der Waals surface area contributed by atoms with E-state index in [1.165, 1.54) is 0 Å². The lowest BCUT2D eigenvalue weighted by Crippen LogP contribution is -2.81. The quantitative estimate of drug-likeness (QED) is 0.496. The van der Waals surface area contributed by atoms with Gasteiger partial charge in [-0.15, -0.1) is 0 Å². The highest BCUT2D eigenvalue weighted by Crippen LogP contribution is 2.90. The first-order valence-electron chi connectivity index (χ1n) is 6.33. The molecule has 0 aromatic rings. The Morgan fingerprint density at radius 3 is 0.923 bits per heavy atom. The molecule has 2 bridgehead atoms. The van der Waals surface area contributed by atoms with Gasteiger partial charge in [0.2, 0.25) is 11.3 Å².